The first kappa shape index (κ1) is 24.1. The van der Waals surface area contributed by atoms with Crippen molar-refractivity contribution in [3.8, 4) is 11.3 Å². The molecule has 1 N–H and O–H groups in total. The van der Waals surface area contributed by atoms with Crippen LogP contribution >= 0.6 is 0 Å². The smallest absolute Gasteiger partial charge is 0.410 e. The van der Waals surface area contributed by atoms with E-state index in [1.807, 2.05) is 62.6 Å². The zero-order valence-electron chi connectivity index (χ0n) is 20.7. The van der Waals surface area contributed by atoms with Crippen molar-refractivity contribution in [2.75, 3.05) is 19.6 Å². The van der Waals surface area contributed by atoms with Crippen LogP contribution in [-0.2, 0) is 4.74 Å². The van der Waals surface area contributed by atoms with Gasteiger partial charge < -0.3 is 19.5 Å². The summed E-state index contributed by atoms with van der Waals surface area (Å²) in [6.45, 7) is 8.59. The number of carbonyl (C=O) groups excluding carboxylic acids is 2. The molecule has 8 nitrogen and oxygen atoms in total. The lowest BCUT2D eigenvalue weighted by atomic mass is 9.94. The molecule has 0 bridgehead atoms. The summed E-state index contributed by atoms with van der Waals surface area (Å²) in [7, 11) is 0. The molecule has 1 aromatic carbocycles. The second-order valence-corrected chi connectivity index (χ2v) is 10.5. The van der Waals surface area contributed by atoms with Gasteiger partial charge in [-0.25, -0.2) is 9.59 Å². The van der Waals surface area contributed by atoms with E-state index >= 15 is 0 Å². The van der Waals surface area contributed by atoms with Crippen LogP contribution in [0.4, 0.5) is 4.79 Å². The number of nitrogens with zero attached hydrogens (tertiary/aromatic N) is 3. The van der Waals surface area contributed by atoms with Crippen LogP contribution in [0.25, 0.3) is 11.3 Å². The van der Waals surface area contributed by atoms with Gasteiger partial charge in [-0.05, 0) is 40.5 Å². The Bertz CT molecular complexity index is 1080. The van der Waals surface area contributed by atoms with Crippen LogP contribution < -0.4 is 5.69 Å². The summed E-state index contributed by atoms with van der Waals surface area (Å²) >= 11 is 0. The fourth-order valence-electron chi connectivity index (χ4n) is 5.07. The average Bonchev–Trinajstić information content (AvgIpc) is 3.15. The topological polar surface area (TPSA) is 87.6 Å². The number of nitrogens with one attached hydrogen (secondary N) is 1. The number of piperazine rings is 1. The number of carbonyl (C=O) groups is 2. The molecule has 0 radical (unpaired) electrons. The molecule has 34 heavy (non-hydrogen) atoms. The Morgan fingerprint density at radius 3 is 2.32 bits per heavy atom. The molecule has 1 atom stereocenters. The van der Waals surface area contributed by atoms with Crippen molar-refractivity contribution in [2.24, 2.45) is 0 Å². The highest BCUT2D eigenvalue weighted by atomic mass is 16.6. The highest BCUT2D eigenvalue weighted by Gasteiger charge is 2.35. The maximum atomic E-state index is 13.8. The third-order valence-corrected chi connectivity index (χ3v) is 6.67. The van der Waals surface area contributed by atoms with Crippen molar-refractivity contribution >= 4 is 12.0 Å². The number of hydrogen-bond acceptors (Lipinski definition) is 4. The van der Waals surface area contributed by atoms with E-state index in [-0.39, 0.29) is 29.8 Å². The normalized spacial score (nSPS) is 19.8. The number of ether oxygens (including phenoxy) is 1. The molecule has 2 amide bonds. The summed E-state index contributed by atoms with van der Waals surface area (Å²) in [6, 6.07) is 9.56. The zero-order valence-corrected chi connectivity index (χ0v) is 20.7. The minimum Gasteiger partial charge on any atom is -0.444 e. The fraction of sp³-hybridized carbons (Fsp3) is 0.577. The third-order valence-electron chi connectivity index (χ3n) is 6.67. The largest absolute Gasteiger partial charge is 0.444 e. The number of rotatable bonds is 3. The molecule has 1 aromatic heterocycles. The number of imidazole rings is 1. The molecule has 2 fully saturated rings. The first-order valence-electron chi connectivity index (χ1n) is 12.3. The van der Waals surface area contributed by atoms with Crippen molar-refractivity contribution in [2.45, 2.75) is 77.5 Å². The van der Waals surface area contributed by atoms with Crippen LogP contribution in [0, 0.1) is 0 Å². The van der Waals surface area contributed by atoms with Gasteiger partial charge >= 0.3 is 11.8 Å². The van der Waals surface area contributed by atoms with E-state index < -0.39 is 5.60 Å². The van der Waals surface area contributed by atoms with Gasteiger partial charge in [0, 0.05) is 37.3 Å². The van der Waals surface area contributed by atoms with E-state index in [1.54, 1.807) is 9.80 Å². The molecule has 1 unspecified atom stereocenters. The summed E-state index contributed by atoms with van der Waals surface area (Å²) in [4.78, 5) is 45.7. The van der Waals surface area contributed by atoms with Crippen LogP contribution in [-0.4, -0.2) is 62.6 Å². The van der Waals surface area contributed by atoms with Crippen molar-refractivity contribution < 1.29 is 14.3 Å². The minimum absolute atomic E-state index is 0.0932. The monoisotopic (exact) mass is 468 g/mol. The minimum atomic E-state index is -0.570. The summed E-state index contributed by atoms with van der Waals surface area (Å²) in [6.07, 6.45) is 4.87. The van der Waals surface area contributed by atoms with Crippen LogP contribution in [0.3, 0.4) is 0 Å². The quantitative estimate of drug-likeness (QED) is 0.722. The van der Waals surface area contributed by atoms with Gasteiger partial charge in [0.2, 0.25) is 0 Å². The van der Waals surface area contributed by atoms with E-state index in [9.17, 15) is 14.4 Å². The van der Waals surface area contributed by atoms with Gasteiger partial charge in [0.05, 0.1) is 5.69 Å². The Balaban J connectivity index is 1.62. The van der Waals surface area contributed by atoms with Crippen molar-refractivity contribution in [1.82, 2.24) is 19.4 Å². The molecule has 184 valence electrons. The number of hydrogen-bond donors (Lipinski definition) is 1. The molecule has 2 aromatic rings. The van der Waals surface area contributed by atoms with Crippen LogP contribution in [0.15, 0.2) is 35.1 Å². The first-order chi connectivity index (χ1) is 16.2. The number of H-pyrrole nitrogens is 1. The Kier molecular flexibility index (Phi) is 6.86. The molecule has 1 saturated carbocycles. The highest BCUT2D eigenvalue weighted by molar-refractivity contribution is 5.98. The van der Waals surface area contributed by atoms with Crippen LogP contribution in [0.2, 0.25) is 0 Å². The Labute approximate surface area is 200 Å². The Hall–Kier alpha value is -3.03. The predicted molar refractivity (Wildman–Crippen MR) is 131 cm³/mol. The third kappa shape index (κ3) is 5.05. The van der Waals surface area contributed by atoms with E-state index in [0.717, 1.165) is 31.2 Å². The van der Waals surface area contributed by atoms with Crippen molar-refractivity contribution in [3.63, 3.8) is 0 Å². The van der Waals surface area contributed by atoms with E-state index in [1.165, 1.54) is 6.42 Å². The summed E-state index contributed by atoms with van der Waals surface area (Å²) in [5.74, 6) is -0.207. The molecular formula is C26H36N4O4. The first-order valence-corrected chi connectivity index (χ1v) is 12.3. The van der Waals surface area contributed by atoms with E-state index in [0.29, 0.717) is 31.0 Å². The van der Waals surface area contributed by atoms with Crippen LogP contribution in [0.1, 0.15) is 76.3 Å². The fourth-order valence-corrected chi connectivity index (χ4v) is 5.07. The van der Waals surface area contributed by atoms with Gasteiger partial charge in [-0.15, -0.1) is 0 Å². The average molecular weight is 469 g/mol. The number of aromatic nitrogens is 2. The number of amides is 2. The molecule has 0 spiro atoms. The van der Waals surface area contributed by atoms with Crippen molar-refractivity contribution in [1.29, 1.82) is 0 Å². The SMILES string of the molecule is CC1CN(C(=O)OC(C)(C)C)CCN1C(=O)c1[nH]c(=O)n(C2CCCCC2)c1-c1ccccc1. The lowest BCUT2D eigenvalue weighted by molar-refractivity contribution is 0.00608. The maximum absolute atomic E-state index is 13.8. The summed E-state index contributed by atoms with van der Waals surface area (Å²) in [5, 5.41) is 0. The molecule has 1 aliphatic heterocycles. The Morgan fingerprint density at radius 2 is 1.71 bits per heavy atom. The second-order valence-electron chi connectivity index (χ2n) is 10.5. The van der Waals surface area contributed by atoms with Gasteiger partial charge in [0.15, 0.2) is 0 Å². The standard InChI is InChI=1S/C26H36N4O4/c1-18-17-28(25(33)34-26(2,3)4)15-16-29(18)23(31)21-22(19-11-7-5-8-12-19)30(24(32)27-21)20-13-9-6-10-14-20/h5,7-8,11-12,18,20H,6,9-10,13-17H2,1-4H3,(H,27,32). The van der Waals surface area contributed by atoms with E-state index in [2.05, 4.69) is 4.98 Å². The molecule has 1 aliphatic carbocycles. The lowest BCUT2D eigenvalue weighted by Crippen LogP contribution is -2.56. The molecular weight excluding hydrogens is 432 g/mol. The molecule has 2 heterocycles. The predicted octanol–water partition coefficient (Wildman–Crippen LogP) is 4.43. The number of benzene rings is 1. The summed E-state index contributed by atoms with van der Waals surface area (Å²) < 4.78 is 7.31. The highest BCUT2D eigenvalue weighted by Crippen LogP contribution is 2.33. The molecule has 2 aliphatic rings. The van der Waals surface area contributed by atoms with Gasteiger partial charge in [0.25, 0.3) is 5.91 Å². The summed E-state index contributed by atoms with van der Waals surface area (Å²) in [5.41, 5.74) is 1.06. The van der Waals surface area contributed by atoms with Gasteiger partial charge in [0.1, 0.15) is 11.3 Å². The number of aromatic amines is 1. The van der Waals surface area contributed by atoms with E-state index in [4.69, 9.17) is 4.74 Å². The second kappa shape index (κ2) is 9.68. The lowest BCUT2D eigenvalue weighted by Gasteiger charge is -2.40. The van der Waals surface area contributed by atoms with Crippen molar-refractivity contribution in [3.05, 3.63) is 46.5 Å². The zero-order chi connectivity index (χ0) is 24.5. The van der Waals surface area contributed by atoms with Gasteiger partial charge in [-0.1, -0.05) is 49.6 Å². The van der Waals surface area contributed by atoms with Gasteiger partial charge in [-0.2, -0.15) is 0 Å². The molecule has 1 saturated heterocycles. The van der Waals surface area contributed by atoms with Gasteiger partial charge in [-0.3, -0.25) is 9.36 Å². The van der Waals surface area contributed by atoms with Crippen LogP contribution in [0.5, 0.6) is 0 Å². The maximum Gasteiger partial charge on any atom is 0.410 e. The molecule has 4 rings (SSSR count). The molecule has 8 heteroatoms. The Morgan fingerprint density at radius 1 is 1.03 bits per heavy atom.